The molecule has 0 unspecified atom stereocenters. The van der Waals surface area contributed by atoms with Crippen molar-refractivity contribution >= 4 is 34.7 Å². The van der Waals surface area contributed by atoms with Crippen LogP contribution in [-0.4, -0.2) is 23.5 Å². The maximum absolute atomic E-state index is 5.67. The maximum atomic E-state index is 5.67. The van der Waals surface area contributed by atoms with Gasteiger partial charge in [0.1, 0.15) is 4.99 Å². The van der Waals surface area contributed by atoms with E-state index in [-0.39, 0.29) is 0 Å². The molecule has 3 N–H and O–H groups in total. The molecule has 94 valence electrons. The van der Waals surface area contributed by atoms with E-state index in [1.54, 1.807) is 0 Å². The highest BCUT2D eigenvalue weighted by molar-refractivity contribution is 7.98. The van der Waals surface area contributed by atoms with Gasteiger partial charge in [0, 0.05) is 17.8 Å². The number of nitrogens with two attached hydrogens (primary N) is 1. The molecule has 0 saturated heterocycles. The molecule has 0 aliphatic rings. The molecular formula is C13H20N2S2. The van der Waals surface area contributed by atoms with Crippen LogP contribution >= 0.6 is 24.0 Å². The van der Waals surface area contributed by atoms with Gasteiger partial charge >= 0.3 is 0 Å². The predicted octanol–water partition coefficient (Wildman–Crippen LogP) is 3.27. The van der Waals surface area contributed by atoms with E-state index in [1.807, 2.05) is 36.0 Å². The van der Waals surface area contributed by atoms with Crippen molar-refractivity contribution in [3.05, 3.63) is 29.8 Å². The molecule has 2 nitrogen and oxygen atoms in total. The van der Waals surface area contributed by atoms with E-state index in [4.69, 9.17) is 18.0 Å². The zero-order chi connectivity index (χ0) is 12.5. The molecule has 0 bridgehead atoms. The lowest BCUT2D eigenvalue weighted by molar-refractivity contribution is 0.750. The second-order valence-electron chi connectivity index (χ2n) is 3.89. The van der Waals surface area contributed by atoms with Crippen LogP contribution in [0.15, 0.2) is 24.3 Å². The molecule has 0 spiro atoms. The van der Waals surface area contributed by atoms with Crippen molar-refractivity contribution in [2.45, 2.75) is 19.3 Å². The Morgan fingerprint density at radius 1 is 1.29 bits per heavy atom. The first kappa shape index (κ1) is 14.3. The van der Waals surface area contributed by atoms with Crippen LogP contribution in [0.3, 0.4) is 0 Å². The summed E-state index contributed by atoms with van der Waals surface area (Å²) in [6.07, 6.45) is 5.89. The number of rotatable bonds is 8. The van der Waals surface area contributed by atoms with Gasteiger partial charge in [-0.05, 0) is 37.0 Å². The maximum Gasteiger partial charge on any atom is 0.106 e. The number of thioether (sulfide) groups is 1. The molecule has 0 aromatic heterocycles. The molecule has 1 aromatic rings. The van der Waals surface area contributed by atoms with Crippen molar-refractivity contribution in [1.82, 2.24) is 0 Å². The molecule has 0 radical (unpaired) electrons. The van der Waals surface area contributed by atoms with Gasteiger partial charge in [0.15, 0.2) is 0 Å². The topological polar surface area (TPSA) is 38.0 Å². The molecule has 0 atom stereocenters. The van der Waals surface area contributed by atoms with Crippen molar-refractivity contribution in [2.75, 3.05) is 23.9 Å². The van der Waals surface area contributed by atoms with E-state index in [0.29, 0.717) is 4.99 Å². The second-order valence-corrected chi connectivity index (χ2v) is 5.32. The molecule has 0 fully saturated rings. The Morgan fingerprint density at radius 3 is 2.76 bits per heavy atom. The largest absolute Gasteiger partial charge is 0.389 e. The predicted molar refractivity (Wildman–Crippen MR) is 83.1 cm³/mol. The van der Waals surface area contributed by atoms with E-state index in [2.05, 4.69) is 11.6 Å². The minimum absolute atomic E-state index is 0.454. The number of benzene rings is 1. The summed E-state index contributed by atoms with van der Waals surface area (Å²) >= 11 is 6.93. The Labute approximate surface area is 113 Å². The number of thiocarbonyl (C=S) groups is 1. The average Bonchev–Trinajstić information content (AvgIpc) is 2.34. The van der Waals surface area contributed by atoms with Crippen molar-refractivity contribution in [3.63, 3.8) is 0 Å². The van der Waals surface area contributed by atoms with Crippen molar-refractivity contribution in [1.29, 1.82) is 0 Å². The third-order valence-corrected chi connectivity index (χ3v) is 3.45. The number of hydrogen-bond donors (Lipinski definition) is 2. The molecule has 1 aromatic carbocycles. The fourth-order valence-electron chi connectivity index (χ4n) is 1.62. The summed E-state index contributed by atoms with van der Waals surface area (Å²) in [5.74, 6) is 1.25. The van der Waals surface area contributed by atoms with Crippen LogP contribution in [0.4, 0.5) is 5.69 Å². The molecule has 1 rings (SSSR count). The van der Waals surface area contributed by atoms with Gasteiger partial charge in [-0.15, -0.1) is 0 Å². The van der Waals surface area contributed by atoms with E-state index in [1.165, 1.54) is 25.0 Å². The minimum atomic E-state index is 0.454. The summed E-state index contributed by atoms with van der Waals surface area (Å²) in [4.78, 5) is 0.454. The summed E-state index contributed by atoms with van der Waals surface area (Å²) in [5.41, 5.74) is 7.66. The average molecular weight is 268 g/mol. The fraction of sp³-hybridized carbons (Fsp3) is 0.462. The van der Waals surface area contributed by atoms with Crippen LogP contribution in [0.5, 0.6) is 0 Å². The molecule has 4 heteroatoms. The van der Waals surface area contributed by atoms with Gasteiger partial charge in [-0.2, -0.15) is 11.8 Å². The van der Waals surface area contributed by atoms with Gasteiger partial charge in [0.25, 0.3) is 0 Å². The Bertz CT molecular complexity index is 353. The lowest BCUT2D eigenvalue weighted by Crippen LogP contribution is -2.13. The van der Waals surface area contributed by atoms with E-state index in [9.17, 15) is 0 Å². The highest BCUT2D eigenvalue weighted by Gasteiger charge is 2.02. The van der Waals surface area contributed by atoms with Crippen molar-refractivity contribution in [2.24, 2.45) is 5.73 Å². The summed E-state index contributed by atoms with van der Waals surface area (Å²) in [6, 6.07) is 7.94. The van der Waals surface area contributed by atoms with Gasteiger partial charge in [-0.25, -0.2) is 0 Å². The third kappa shape index (κ3) is 5.41. The van der Waals surface area contributed by atoms with Crippen LogP contribution in [0.25, 0.3) is 0 Å². The zero-order valence-corrected chi connectivity index (χ0v) is 11.9. The van der Waals surface area contributed by atoms with Crippen LogP contribution < -0.4 is 11.1 Å². The summed E-state index contributed by atoms with van der Waals surface area (Å²) in [5, 5.41) is 3.40. The quantitative estimate of drug-likeness (QED) is 0.560. The van der Waals surface area contributed by atoms with Crippen molar-refractivity contribution in [3.8, 4) is 0 Å². The number of anilines is 1. The number of nitrogens with one attached hydrogen (secondary N) is 1. The van der Waals surface area contributed by atoms with Crippen LogP contribution in [0, 0.1) is 0 Å². The summed E-state index contributed by atoms with van der Waals surface area (Å²) < 4.78 is 0. The summed E-state index contributed by atoms with van der Waals surface area (Å²) in [6.45, 7) is 0.980. The standard InChI is InChI=1S/C13H20N2S2/c1-17-10-6-2-5-9-15-12-8-4-3-7-11(12)13(14)16/h3-4,7-8,15H,2,5-6,9-10H2,1H3,(H2,14,16). The minimum Gasteiger partial charge on any atom is -0.389 e. The first-order valence-electron chi connectivity index (χ1n) is 5.87. The van der Waals surface area contributed by atoms with Gasteiger partial charge in [-0.3, -0.25) is 0 Å². The highest BCUT2D eigenvalue weighted by Crippen LogP contribution is 2.15. The van der Waals surface area contributed by atoms with Gasteiger partial charge < -0.3 is 11.1 Å². The Balaban J connectivity index is 2.34. The molecule has 0 aliphatic carbocycles. The van der Waals surface area contributed by atoms with Crippen LogP contribution in [-0.2, 0) is 0 Å². The van der Waals surface area contributed by atoms with E-state index in [0.717, 1.165) is 17.8 Å². The van der Waals surface area contributed by atoms with Crippen LogP contribution in [0.1, 0.15) is 24.8 Å². The third-order valence-electron chi connectivity index (χ3n) is 2.53. The highest BCUT2D eigenvalue weighted by atomic mass is 32.2. The Hall–Kier alpha value is -0.740. The zero-order valence-electron chi connectivity index (χ0n) is 10.2. The van der Waals surface area contributed by atoms with E-state index < -0.39 is 0 Å². The molecule has 0 saturated carbocycles. The number of unbranched alkanes of at least 4 members (excludes halogenated alkanes) is 2. The molecule has 0 amide bonds. The van der Waals surface area contributed by atoms with Crippen molar-refractivity contribution < 1.29 is 0 Å². The molecule has 17 heavy (non-hydrogen) atoms. The van der Waals surface area contributed by atoms with Gasteiger partial charge in [0.2, 0.25) is 0 Å². The lowest BCUT2D eigenvalue weighted by Gasteiger charge is -2.10. The normalized spacial score (nSPS) is 10.2. The SMILES string of the molecule is CSCCCCCNc1ccccc1C(N)=S. The second kappa shape index (κ2) is 8.37. The summed E-state index contributed by atoms with van der Waals surface area (Å²) in [7, 11) is 0. The number of hydrogen-bond acceptors (Lipinski definition) is 3. The Kier molecular flexibility index (Phi) is 7.05. The smallest absolute Gasteiger partial charge is 0.106 e. The van der Waals surface area contributed by atoms with Gasteiger partial charge in [0.05, 0.1) is 0 Å². The first-order valence-corrected chi connectivity index (χ1v) is 7.67. The monoisotopic (exact) mass is 268 g/mol. The molecule has 0 aliphatic heterocycles. The Morgan fingerprint density at radius 2 is 2.06 bits per heavy atom. The van der Waals surface area contributed by atoms with Gasteiger partial charge in [-0.1, -0.05) is 30.8 Å². The molecule has 0 heterocycles. The van der Waals surface area contributed by atoms with Crippen LogP contribution in [0.2, 0.25) is 0 Å². The fourth-order valence-corrected chi connectivity index (χ4v) is 2.29. The number of para-hydroxylation sites is 1. The molecular weight excluding hydrogens is 248 g/mol. The lowest BCUT2D eigenvalue weighted by atomic mass is 10.1. The first-order chi connectivity index (χ1) is 8.25. The van der Waals surface area contributed by atoms with E-state index >= 15 is 0 Å².